The number of aromatic nitrogens is 3. The van der Waals surface area contributed by atoms with Crippen LogP contribution in [0.1, 0.15) is 17.4 Å². The lowest BCUT2D eigenvalue weighted by Gasteiger charge is -2.08. The minimum atomic E-state index is -0.959. The molecule has 0 aliphatic carbocycles. The molecule has 1 atom stereocenters. The predicted octanol–water partition coefficient (Wildman–Crippen LogP) is 2.35. The zero-order valence-corrected chi connectivity index (χ0v) is 11.0. The van der Waals surface area contributed by atoms with Crippen LogP contribution in [0.25, 0.3) is 10.9 Å². The predicted molar refractivity (Wildman–Crippen MR) is 74.6 cm³/mol. The number of hydrogen-bond acceptors (Lipinski definition) is 3. The summed E-state index contributed by atoms with van der Waals surface area (Å²) in [5.74, 6) is -0.0530. The molecule has 0 aliphatic rings. The van der Waals surface area contributed by atoms with E-state index in [2.05, 4.69) is 9.97 Å². The third-order valence-electron chi connectivity index (χ3n) is 3.29. The van der Waals surface area contributed by atoms with Crippen LogP contribution in [0.3, 0.4) is 0 Å². The standard InChI is InChI=1S/C13H13N3O2S/c1-16-12(18)10(15-13(16)19)11(17)8-6-14-9-5-3-2-4-7(8)9/h2-6,11,14,17-18H,1H3,(H,15,19). The van der Waals surface area contributed by atoms with Crippen LogP contribution in [0.4, 0.5) is 0 Å². The summed E-state index contributed by atoms with van der Waals surface area (Å²) >= 11 is 5.03. The van der Waals surface area contributed by atoms with Crippen LogP contribution in [-0.4, -0.2) is 24.7 Å². The Morgan fingerprint density at radius 1 is 1.32 bits per heavy atom. The molecule has 2 aromatic heterocycles. The highest BCUT2D eigenvalue weighted by Crippen LogP contribution is 2.32. The summed E-state index contributed by atoms with van der Waals surface area (Å²) < 4.78 is 1.79. The molecule has 5 nitrogen and oxygen atoms in total. The number of aliphatic hydroxyl groups excluding tert-OH is 1. The van der Waals surface area contributed by atoms with E-state index in [1.165, 1.54) is 4.57 Å². The number of benzene rings is 1. The molecule has 0 aliphatic heterocycles. The van der Waals surface area contributed by atoms with Crippen LogP contribution in [0.5, 0.6) is 5.88 Å². The molecule has 0 fully saturated rings. The van der Waals surface area contributed by atoms with E-state index in [0.717, 1.165) is 10.9 Å². The van der Waals surface area contributed by atoms with Crippen LogP contribution in [-0.2, 0) is 7.05 Å². The van der Waals surface area contributed by atoms with Gasteiger partial charge in [-0.25, -0.2) is 0 Å². The quantitative estimate of drug-likeness (QED) is 0.542. The second-order valence-electron chi connectivity index (χ2n) is 4.42. The molecule has 0 bridgehead atoms. The van der Waals surface area contributed by atoms with Crippen molar-refractivity contribution in [3.63, 3.8) is 0 Å². The number of rotatable bonds is 2. The second-order valence-corrected chi connectivity index (χ2v) is 4.81. The molecule has 3 aromatic rings. The van der Waals surface area contributed by atoms with Crippen LogP contribution >= 0.6 is 12.2 Å². The van der Waals surface area contributed by atoms with Gasteiger partial charge in [0.05, 0.1) is 0 Å². The molecular formula is C13H13N3O2S. The highest BCUT2D eigenvalue weighted by molar-refractivity contribution is 7.71. The zero-order chi connectivity index (χ0) is 13.6. The Morgan fingerprint density at radius 3 is 2.74 bits per heavy atom. The van der Waals surface area contributed by atoms with Crippen molar-refractivity contribution >= 4 is 23.1 Å². The molecule has 0 spiro atoms. The molecule has 0 saturated carbocycles. The lowest BCUT2D eigenvalue weighted by atomic mass is 10.1. The van der Waals surface area contributed by atoms with E-state index < -0.39 is 6.10 Å². The monoisotopic (exact) mass is 275 g/mol. The Labute approximate surface area is 114 Å². The number of imidazole rings is 1. The van der Waals surface area contributed by atoms with Gasteiger partial charge < -0.3 is 20.2 Å². The minimum Gasteiger partial charge on any atom is -0.493 e. The molecule has 2 heterocycles. The fourth-order valence-electron chi connectivity index (χ4n) is 2.20. The molecule has 0 amide bonds. The summed E-state index contributed by atoms with van der Waals surface area (Å²) in [4.78, 5) is 5.92. The van der Waals surface area contributed by atoms with Crippen LogP contribution in [0.15, 0.2) is 30.5 Å². The van der Waals surface area contributed by atoms with Gasteiger partial charge in [0.15, 0.2) is 4.77 Å². The summed E-state index contributed by atoms with van der Waals surface area (Å²) in [6, 6.07) is 7.67. The van der Waals surface area contributed by atoms with Gasteiger partial charge in [-0.2, -0.15) is 0 Å². The molecule has 0 saturated heterocycles. The molecule has 19 heavy (non-hydrogen) atoms. The lowest BCUT2D eigenvalue weighted by Crippen LogP contribution is -2.00. The molecule has 1 aromatic carbocycles. The number of fused-ring (bicyclic) bond motifs is 1. The number of aliphatic hydroxyl groups is 1. The van der Waals surface area contributed by atoms with Gasteiger partial charge in [0.25, 0.3) is 0 Å². The lowest BCUT2D eigenvalue weighted by molar-refractivity contribution is 0.211. The largest absolute Gasteiger partial charge is 0.493 e. The van der Waals surface area contributed by atoms with E-state index in [9.17, 15) is 10.2 Å². The van der Waals surface area contributed by atoms with Crippen molar-refractivity contribution in [2.45, 2.75) is 6.10 Å². The maximum atomic E-state index is 10.4. The first kappa shape index (κ1) is 12.0. The maximum absolute atomic E-state index is 10.4. The van der Waals surface area contributed by atoms with E-state index in [0.29, 0.717) is 16.0 Å². The Kier molecular flexibility index (Phi) is 2.69. The average molecular weight is 275 g/mol. The fourth-order valence-corrected chi connectivity index (χ4v) is 2.39. The number of hydrogen-bond donors (Lipinski definition) is 4. The molecular weight excluding hydrogens is 262 g/mol. The summed E-state index contributed by atoms with van der Waals surface area (Å²) in [7, 11) is 1.64. The topological polar surface area (TPSA) is 77.0 Å². The number of H-pyrrole nitrogens is 2. The van der Waals surface area contributed by atoms with Crippen molar-refractivity contribution in [3.8, 4) is 5.88 Å². The Morgan fingerprint density at radius 2 is 2.05 bits per heavy atom. The maximum Gasteiger partial charge on any atom is 0.216 e. The fraction of sp³-hybridized carbons (Fsp3) is 0.154. The van der Waals surface area contributed by atoms with Gasteiger partial charge in [-0.1, -0.05) is 18.2 Å². The Bertz CT molecular complexity index is 800. The normalized spacial score (nSPS) is 12.9. The van der Waals surface area contributed by atoms with E-state index in [1.807, 2.05) is 24.3 Å². The number of para-hydroxylation sites is 1. The molecule has 98 valence electrons. The number of nitrogens with one attached hydrogen (secondary N) is 2. The van der Waals surface area contributed by atoms with Crippen LogP contribution < -0.4 is 0 Å². The highest BCUT2D eigenvalue weighted by Gasteiger charge is 2.21. The molecule has 1 unspecified atom stereocenters. The van der Waals surface area contributed by atoms with Crippen molar-refractivity contribution in [1.29, 1.82) is 0 Å². The van der Waals surface area contributed by atoms with Gasteiger partial charge >= 0.3 is 0 Å². The van der Waals surface area contributed by atoms with E-state index in [1.54, 1.807) is 13.2 Å². The number of aromatic hydroxyl groups is 1. The Balaban J connectivity index is 2.16. The van der Waals surface area contributed by atoms with Gasteiger partial charge in [-0.3, -0.25) is 4.57 Å². The number of aromatic amines is 2. The minimum absolute atomic E-state index is 0.0530. The van der Waals surface area contributed by atoms with E-state index >= 15 is 0 Å². The summed E-state index contributed by atoms with van der Waals surface area (Å²) in [5, 5.41) is 21.3. The molecule has 3 rings (SSSR count). The van der Waals surface area contributed by atoms with E-state index in [4.69, 9.17) is 12.2 Å². The summed E-state index contributed by atoms with van der Waals surface area (Å²) in [6.45, 7) is 0. The van der Waals surface area contributed by atoms with Crippen molar-refractivity contribution < 1.29 is 10.2 Å². The molecule has 4 N–H and O–H groups in total. The summed E-state index contributed by atoms with van der Waals surface area (Å²) in [5.41, 5.74) is 1.94. The summed E-state index contributed by atoms with van der Waals surface area (Å²) in [6.07, 6.45) is 0.776. The first-order valence-corrected chi connectivity index (χ1v) is 6.22. The average Bonchev–Trinajstić information content (AvgIpc) is 2.95. The van der Waals surface area contributed by atoms with Crippen molar-refractivity contribution in [1.82, 2.24) is 14.5 Å². The van der Waals surface area contributed by atoms with Crippen molar-refractivity contribution in [3.05, 3.63) is 46.5 Å². The van der Waals surface area contributed by atoms with Gasteiger partial charge in [-0.15, -0.1) is 0 Å². The SMILES string of the molecule is Cn1c(O)c(C(O)c2c[nH]c3ccccc23)[nH]c1=S. The van der Waals surface area contributed by atoms with E-state index in [-0.39, 0.29) is 5.88 Å². The van der Waals surface area contributed by atoms with Crippen molar-refractivity contribution in [2.75, 3.05) is 0 Å². The smallest absolute Gasteiger partial charge is 0.216 e. The third-order valence-corrected chi connectivity index (χ3v) is 3.67. The third kappa shape index (κ3) is 1.76. The zero-order valence-electron chi connectivity index (χ0n) is 10.2. The van der Waals surface area contributed by atoms with Gasteiger partial charge in [0, 0.05) is 29.7 Å². The van der Waals surface area contributed by atoms with Crippen LogP contribution in [0, 0.1) is 4.77 Å². The first-order valence-electron chi connectivity index (χ1n) is 5.81. The molecule has 6 heteroatoms. The van der Waals surface area contributed by atoms with Gasteiger partial charge in [-0.05, 0) is 18.3 Å². The second kappa shape index (κ2) is 4.25. The van der Waals surface area contributed by atoms with Crippen LogP contribution in [0.2, 0.25) is 0 Å². The number of nitrogens with zero attached hydrogens (tertiary/aromatic N) is 1. The highest BCUT2D eigenvalue weighted by atomic mass is 32.1. The Hall–Kier alpha value is -2.05. The molecule has 0 radical (unpaired) electrons. The van der Waals surface area contributed by atoms with Gasteiger partial charge in [0.1, 0.15) is 11.8 Å². The van der Waals surface area contributed by atoms with Crippen molar-refractivity contribution in [2.24, 2.45) is 7.05 Å². The van der Waals surface area contributed by atoms with Gasteiger partial charge in [0.2, 0.25) is 5.88 Å². The first-order chi connectivity index (χ1) is 9.09.